The molecule has 322 valence electrons. The Hall–Kier alpha value is -1.45. The SMILES string of the molecule is CCCCCCCCCC/C=C/CCCCCCCCOC(=O)c1cccc(S(=O)(=O)[O-])c1C(=O)OCCCCCCCC/C=C/CCCCCCCCCC.[Na+]. The quantitative estimate of drug-likeness (QED) is 0.0214. The Morgan fingerprint density at radius 2 is 0.807 bits per heavy atom. The van der Waals surface area contributed by atoms with Crippen LogP contribution in [0.4, 0.5) is 0 Å². The van der Waals surface area contributed by atoms with Gasteiger partial charge in [0.15, 0.2) is 0 Å². The molecule has 0 N–H and O–H groups in total. The normalized spacial score (nSPS) is 11.7. The smallest absolute Gasteiger partial charge is 0.744 e. The average Bonchev–Trinajstić information content (AvgIpc) is 3.18. The summed E-state index contributed by atoms with van der Waals surface area (Å²) in [4.78, 5) is 25.2. The van der Waals surface area contributed by atoms with Crippen LogP contribution in [0.3, 0.4) is 0 Å². The number of rotatable bonds is 39. The van der Waals surface area contributed by atoms with Crippen molar-refractivity contribution < 1.29 is 61.6 Å². The molecule has 1 rings (SSSR count). The first-order valence-electron chi connectivity index (χ1n) is 23.1. The summed E-state index contributed by atoms with van der Waals surface area (Å²) >= 11 is 0. The van der Waals surface area contributed by atoms with Gasteiger partial charge in [0.25, 0.3) is 0 Å². The molecule has 1 aromatic rings. The summed E-state index contributed by atoms with van der Waals surface area (Å²) in [5.74, 6) is -1.82. The zero-order chi connectivity index (χ0) is 40.8. The van der Waals surface area contributed by atoms with Crippen molar-refractivity contribution in [3.05, 3.63) is 53.6 Å². The predicted molar refractivity (Wildman–Crippen MR) is 232 cm³/mol. The molecule has 0 aromatic heterocycles. The second-order valence-corrected chi connectivity index (χ2v) is 17.0. The van der Waals surface area contributed by atoms with E-state index in [1.807, 2.05) is 0 Å². The van der Waals surface area contributed by atoms with Gasteiger partial charge < -0.3 is 14.0 Å². The number of carbonyl (C=O) groups is 2. The van der Waals surface area contributed by atoms with Crippen LogP contribution in [0.25, 0.3) is 0 Å². The van der Waals surface area contributed by atoms with Crippen molar-refractivity contribution in [3.63, 3.8) is 0 Å². The molecule has 0 unspecified atom stereocenters. The van der Waals surface area contributed by atoms with Crippen LogP contribution in [0.15, 0.2) is 47.4 Å². The van der Waals surface area contributed by atoms with E-state index < -0.39 is 32.5 Å². The van der Waals surface area contributed by atoms with Gasteiger partial charge in [-0.05, 0) is 76.3 Å². The monoisotopic (exact) mass is 825 g/mol. The van der Waals surface area contributed by atoms with E-state index in [4.69, 9.17) is 9.47 Å². The number of hydrogen-bond donors (Lipinski definition) is 0. The van der Waals surface area contributed by atoms with Crippen LogP contribution in [0, 0.1) is 0 Å². The third-order valence-electron chi connectivity index (χ3n) is 10.5. The second kappa shape index (κ2) is 40.0. The number of ether oxygens (including phenoxy) is 2. The summed E-state index contributed by atoms with van der Waals surface area (Å²) in [6.07, 6.45) is 47.5. The molecule has 0 bridgehead atoms. The molecule has 0 spiro atoms. The molecule has 0 heterocycles. The number of carbonyl (C=O) groups excluding carboxylic acids is 2. The minimum Gasteiger partial charge on any atom is -0.744 e. The molecular formula is C48H81NaO7S. The van der Waals surface area contributed by atoms with Gasteiger partial charge in [-0.2, -0.15) is 0 Å². The number of unbranched alkanes of at least 4 members (excludes halogenated alkanes) is 28. The Kier molecular flexibility index (Phi) is 39.0. The minimum absolute atomic E-state index is 0. The van der Waals surface area contributed by atoms with E-state index in [1.54, 1.807) is 0 Å². The molecule has 0 fully saturated rings. The molecule has 1 aromatic carbocycles. The molecule has 0 aliphatic heterocycles. The number of hydrogen-bond acceptors (Lipinski definition) is 7. The molecule has 7 nitrogen and oxygen atoms in total. The van der Waals surface area contributed by atoms with Crippen molar-refractivity contribution in [1.82, 2.24) is 0 Å². The van der Waals surface area contributed by atoms with Crippen LogP contribution >= 0.6 is 0 Å². The van der Waals surface area contributed by atoms with Crippen LogP contribution in [-0.2, 0) is 19.6 Å². The fraction of sp³-hybridized carbons (Fsp3) is 0.750. The molecule has 0 saturated carbocycles. The summed E-state index contributed by atoms with van der Waals surface area (Å²) in [5.41, 5.74) is -0.788. The van der Waals surface area contributed by atoms with Crippen LogP contribution < -0.4 is 29.6 Å². The molecule has 9 heteroatoms. The Balaban J connectivity index is 0.0000314. The zero-order valence-electron chi connectivity index (χ0n) is 36.8. The largest absolute Gasteiger partial charge is 1.00 e. The van der Waals surface area contributed by atoms with E-state index in [-0.39, 0.29) is 48.3 Å². The molecule has 0 aliphatic carbocycles. The molecule has 0 atom stereocenters. The van der Waals surface area contributed by atoms with Crippen LogP contribution in [-0.4, -0.2) is 38.1 Å². The second-order valence-electron chi connectivity index (χ2n) is 15.7. The van der Waals surface area contributed by atoms with E-state index >= 15 is 0 Å². The van der Waals surface area contributed by atoms with Crippen molar-refractivity contribution in [3.8, 4) is 0 Å². The van der Waals surface area contributed by atoms with Gasteiger partial charge >= 0.3 is 41.5 Å². The number of allylic oxidation sites excluding steroid dienone is 4. The van der Waals surface area contributed by atoms with Gasteiger partial charge in [0, 0.05) is 0 Å². The standard InChI is InChI=1S/C48H82O7S.Na/c1-3-5-7-9-11-13-15-17-19-21-23-25-27-29-31-33-35-37-42-54-47(49)44-40-39-41-45(56(51,52)53)46(44)48(50)55-43-38-36-34-32-30-28-26-24-22-20-18-16-14-12-10-8-6-4-2;/h21-24,39-41H,3-20,25-38,42-43H2,1-2H3,(H,51,52,53);/q;+1/p-1/b23-21+,24-22+;. The maximum Gasteiger partial charge on any atom is 1.00 e. The Morgan fingerprint density at radius 1 is 0.491 bits per heavy atom. The fourth-order valence-corrected chi connectivity index (χ4v) is 7.69. The van der Waals surface area contributed by atoms with Crippen molar-refractivity contribution in [2.75, 3.05) is 13.2 Å². The van der Waals surface area contributed by atoms with E-state index in [0.717, 1.165) is 63.9 Å². The Labute approximate surface area is 372 Å². The first kappa shape index (κ1) is 55.5. The summed E-state index contributed by atoms with van der Waals surface area (Å²) in [5, 5.41) is 0. The molecule has 0 aliphatic rings. The van der Waals surface area contributed by atoms with Crippen molar-refractivity contribution in [2.45, 2.75) is 224 Å². The van der Waals surface area contributed by atoms with Gasteiger partial charge in [-0.3, -0.25) is 0 Å². The van der Waals surface area contributed by atoms with Gasteiger partial charge in [-0.15, -0.1) is 0 Å². The van der Waals surface area contributed by atoms with Crippen LogP contribution in [0.1, 0.15) is 240 Å². The van der Waals surface area contributed by atoms with Gasteiger partial charge in [0.05, 0.1) is 29.2 Å². The molecule has 0 radical (unpaired) electrons. The maximum atomic E-state index is 13.0. The fourth-order valence-electron chi connectivity index (χ4n) is 7.01. The summed E-state index contributed by atoms with van der Waals surface area (Å²) < 4.78 is 46.8. The maximum absolute atomic E-state index is 13.0. The number of benzene rings is 1. The molecule has 57 heavy (non-hydrogen) atoms. The van der Waals surface area contributed by atoms with Gasteiger partial charge in [0.2, 0.25) is 0 Å². The molecule has 0 saturated heterocycles. The molecular weight excluding hydrogens is 744 g/mol. The van der Waals surface area contributed by atoms with E-state index in [2.05, 4.69) is 38.2 Å². The van der Waals surface area contributed by atoms with Crippen molar-refractivity contribution in [1.29, 1.82) is 0 Å². The third kappa shape index (κ3) is 32.1. The number of esters is 2. The minimum atomic E-state index is -5.02. The topological polar surface area (TPSA) is 110 Å². The molecule has 0 amide bonds. The first-order chi connectivity index (χ1) is 27.3. The van der Waals surface area contributed by atoms with Gasteiger partial charge in [0.1, 0.15) is 10.1 Å². The summed E-state index contributed by atoms with van der Waals surface area (Å²) in [6.45, 7) is 4.75. The third-order valence-corrected chi connectivity index (χ3v) is 11.4. The summed E-state index contributed by atoms with van der Waals surface area (Å²) in [6, 6.07) is 3.62. The van der Waals surface area contributed by atoms with Gasteiger partial charge in [-0.25, -0.2) is 18.0 Å². The van der Waals surface area contributed by atoms with E-state index in [1.165, 1.54) is 147 Å². The van der Waals surface area contributed by atoms with Crippen LogP contribution in [0.5, 0.6) is 0 Å². The van der Waals surface area contributed by atoms with Crippen LogP contribution in [0.2, 0.25) is 0 Å². The Bertz CT molecular complexity index is 1280. The Morgan fingerprint density at radius 3 is 1.16 bits per heavy atom. The van der Waals surface area contributed by atoms with Gasteiger partial charge in [-0.1, -0.05) is 185 Å². The first-order valence-corrected chi connectivity index (χ1v) is 24.5. The van der Waals surface area contributed by atoms with Crippen molar-refractivity contribution in [2.24, 2.45) is 0 Å². The average molecular weight is 825 g/mol. The van der Waals surface area contributed by atoms with E-state index in [0.29, 0.717) is 12.8 Å². The van der Waals surface area contributed by atoms with Crippen molar-refractivity contribution >= 4 is 22.1 Å². The van der Waals surface area contributed by atoms with E-state index in [9.17, 15) is 22.6 Å². The zero-order valence-corrected chi connectivity index (χ0v) is 39.7. The summed E-state index contributed by atoms with van der Waals surface area (Å²) in [7, 11) is -5.02. The predicted octanol–water partition coefficient (Wildman–Crippen LogP) is 11.5.